The first-order chi connectivity index (χ1) is 13.9. The Balaban J connectivity index is 2.02. The van der Waals surface area contributed by atoms with Crippen LogP contribution in [0.1, 0.15) is 31.2 Å². The number of thioether (sulfide) groups is 1. The molecule has 2 nitrogen and oxygen atoms in total. The van der Waals surface area contributed by atoms with Crippen LogP contribution in [0, 0.1) is 0 Å². The van der Waals surface area contributed by atoms with Gasteiger partial charge in [0.15, 0.2) is 0 Å². The molecule has 2 aromatic carbocycles. The fourth-order valence-electron chi connectivity index (χ4n) is 3.18. The van der Waals surface area contributed by atoms with Gasteiger partial charge in [0.05, 0.1) is 0 Å². The van der Waals surface area contributed by atoms with E-state index in [4.69, 9.17) is 34.7 Å². The summed E-state index contributed by atoms with van der Waals surface area (Å²) in [5, 5.41) is 1.54. The van der Waals surface area contributed by atoms with Gasteiger partial charge in [0, 0.05) is 36.8 Å². The fraction of sp³-hybridized carbons (Fsp3) is 0.167. The Morgan fingerprint density at radius 2 is 1.79 bits per heavy atom. The Hall–Kier alpha value is -2.07. The Kier molecular flexibility index (Phi) is 7.54. The van der Waals surface area contributed by atoms with Crippen molar-refractivity contribution in [3.63, 3.8) is 0 Å². The van der Waals surface area contributed by atoms with Crippen molar-refractivity contribution in [1.29, 1.82) is 0 Å². The number of allylic oxidation sites excluding steroid dienone is 5. The highest BCUT2D eigenvalue weighted by molar-refractivity contribution is 8.08. The van der Waals surface area contributed by atoms with Crippen LogP contribution in [0.4, 0.5) is 5.69 Å². The maximum atomic E-state index is 6.33. The highest BCUT2D eigenvalue weighted by atomic mass is 35.5. The van der Waals surface area contributed by atoms with E-state index in [0.717, 1.165) is 51.7 Å². The van der Waals surface area contributed by atoms with E-state index in [1.807, 2.05) is 36.4 Å². The third-order valence-electron chi connectivity index (χ3n) is 4.77. The quantitative estimate of drug-likeness (QED) is 0.264. The van der Waals surface area contributed by atoms with Gasteiger partial charge in [-0.05, 0) is 67.7 Å². The lowest BCUT2D eigenvalue weighted by Gasteiger charge is -2.19. The van der Waals surface area contributed by atoms with Crippen LogP contribution in [0.5, 0.6) is 0 Å². The summed E-state index contributed by atoms with van der Waals surface area (Å²) in [5.41, 5.74) is 17.0. The molecule has 2 aromatic rings. The highest BCUT2D eigenvalue weighted by Gasteiger charge is 2.17. The minimum atomic E-state index is 0.549. The van der Waals surface area contributed by atoms with Gasteiger partial charge in [-0.3, -0.25) is 0 Å². The van der Waals surface area contributed by atoms with Crippen molar-refractivity contribution in [1.82, 2.24) is 0 Å². The van der Waals surface area contributed by atoms with Crippen LogP contribution >= 0.6 is 35.0 Å². The van der Waals surface area contributed by atoms with E-state index in [-0.39, 0.29) is 0 Å². The summed E-state index contributed by atoms with van der Waals surface area (Å²) < 4.78 is 0. The number of halogens is 2. The fourth-order valence-corrected chi connectivity index (χ4v) is 4.68. The molecule has 0 amide bonds. The SMILES string of the molecule is C=C(N)/C(CCC1=CC=C(Cl)CC1)=C(\Sc1ccccc1)c1cc(Cl)ccc1N. The van der Waals surface area contributed by atoms with Gasteiger partial charge in [0.25, 0.3) is 0 Å². The molecule has 0 aliphatic heterocycles. The highest BCUT2D eigenvalue weighted by Crippen LogP contribution is 2.42. The molecule has 4 N–H and O–H groups in total. The third kappa shape index (κ3) is 5.96. The van der Waals surface area contributed by atoms with E-state index in [1.165, 1.54) is 5.57 Å². The molecule has 0 atom stereocenters. The van der Waals surface area contributed by atoms with Crippen molar-refractivity contribution in [2.24, 2.45) is 5.73 Å². The molecular weight excluding hydrogens is 419 g/mol. The second-order valence-electron chi connectivity index (χ2n) is 6.92. The van der Waals surface area contributed by atoms with Crippen LogP contribution in [0.15, 0.2) is 94.0 Å². The van der Waals surface area contributed by atoms with Crippen molar-refractivity contribution in [3.8, 4) is 0 Å². The molecule has 0 fully saturated rings. The molecule has 1 aliphatic carbocycles. The average molecular weight is 443 g/mol. The molecule has 0 saturated carbocycles. The maximum absolute atomic E-state index is 6.33. The number of anilines is 1. The van der Waals surface area contributed by atoms with E-state index in [9.17, 15) is 0 Å². The summed E-state index contributed by atoms with van der Waals surface area (Å²) in [7, 11) is 0. The first-order valence-corrected chi connectivity index (χ1v) is 11.0. The van der Waals surface area contributed by atoms with Crippen LogP contribution in [0.2, 0.25) is 5.02 Å². The second kappa shape index (κ2) is 10.1. The normalized spacial score (nSPS) is 14.7. The summed E-state index contributed by atoms with van der Waals surface area (Å²) >= 11 is 14.0. The number of benzene rings is 2. The molecular formula is C24H24Cl2N2S. The Bertz CT molecular complexity index is 991. The molecule has 0 saturated heterocycles. The van der Waals surface area contributed by atoms with Gasteiger partial charge in [-0.1, -0.05) is 71.4 Å². The monoisotopic (exact) mass is 442 g/mol. The van der Waals surface area contributed by atoms with Gasteiger partial charge in [-0.25, -0.2) is 0 Å². The minimum Gasteiger partial charge on any atom is -0.399 e. The topological polar surface area (TPSA) is 52.0 Å². The van der Waals surface area contributed by atoms with E-state index in [2.05, 4.69) is 24.8 Å². The third-order valence-corrected chi connectivity index (χ3v) is 6.49. The molecule has 3 rings (SSSR count). The number of nitrogen functional groups attached to an aromatic ring is 1. The van der Waals surface area contributed by atoms with Gasteiger partial charge in [0.2, 0.25) is 0 Å². The number of rotatable bonds is 7. The van der Waals surface area contributed by atoms with Crippen molar-refractivity contribution in [2.45, 2.75) is 30.6 Å². The zero-order valence-electron chi connectivity index (χ0n) is 16.1. The number of nitrogens with two attached hydrogens (primary N) is 2. The van der Waals surface area contributed by atoms with Gasteiger partial charge in [0.1, 0.15) is 0 Å². The van der Waals surface area contributed by atoms with Crippen LogP contribution in [-0.4, -0.2) is 0 Å². The Labute approximate surface area is 187 Å². The summed E-state index contributed by atoms with van der Waals surface area (Å²) in [6, 6.07) is 15.7. The Morgan fingerprint density at radius 3 is 2.45 bits per heavy atom. The summed E-state index contributed by atoms with van der Waals surface area (Å²) in [6.07, 6.45) is 7.62. The van der Waals surface area contributed by atoms with E-state index in [0.29, 0.717) is 16.4 Å². The largest absolute Gasteiger partial charge is 0.399 e. The first-order valence-electron chi connectivity index (χ1n) is 9.44. The molecule has 0 bridgehead atoms. The van der Waals surface area contributed by atoms with Gasteiger partial charge in [-0.2, -0.15) is 0 Å². The lowest BCUT2D eigenvalue weighted by atomic mass is 9.95. The molecule has 29 heavy (non-hydrogen) atoms. The van der Waals surface area contributed by atoms with Crippen molar-refractivity contribution in [3.05, 3.63) is 99.7 Å². The summed E-state index contributed by atoms with van der Waals surface area (Å²) in [5.74, 6) is 0. The summed E-state index contributed by atoms with van der Waals surface area (Å²) in [6.45, 7) is 4.05. The Morgan fingerprint density at radius 1 is 1.03 bits per heavy atom. The second-order valence-corrected chi connectivity index (χ2v) is 8.92. The molecule has 0 heterocycles. The van der Waals surface area contributed by atoms with Gasteiger partial charge in [-0.15, -0.1) is 0 Å². The number of hydrogen-bond acceptors (Lipinski definition) is 3. The number of hydrogen-bond donors (Lipinski definition) is 2. The molecule has 0 aromatic heterocycles. The smallest absolute Gasteiger partial charge is 0.0413 e. The van der Waals surface area contributed by atoms with Crippen LogP contribution in [0.25, 0.3) is 4.91 Å². The zero-order chi connectivity index (χ0) is 20.8. The van der Waals surface area contributed by atoms with Crippen LogP contribution in [-0.2, 0) is 0 Å². The maximum Gasteiger partial charge on any atom is 0.0413 e. The van der Waals surface area contributed by atoms with E-state index in [1.54, 1.807) is 17.8 Å². The van der Waals surface area contributed by atoms with Crippen molar-refractivity contribution in [2.75, 3.05) is 5.73 Å². The molecule has 0 radical (unpaired) electrons. The van der Waals surface area contributed by atoms with Gasteiger partial charge < -0.3 is 11.5 Å². The predicted octanol–water partition coefficient (Wildman–Crippen LogP) is 7.52. The van der Waals surface area contributed by atoms with E-state index >= 15 is 0 Å². The van der Waals surface area contributed by atoms with Crippen LogP contribution < -0.4 is 11.5 Å². The molecule has 0 spiro atoms. The standard InChI is InChI=1S/C24H24Cl2N2S/c1-16(27)21(13-9-17-7-10-18(25)11-8-17)24(29-20-5-3-2-4-6-20)22-15-19(26)12-14-23(22)28/h2-7,10,12,14-15H,1,8-9,11,13,27-28H2/b24-21-. The summed E-state index contributed by atoms with van der Waals surface area (Å²) in [4.78, 5) is 2.10. The van der Waals surface area contributed by atoms with E-state index < -0.39 is 0 Å². The molecule has 1 aliphatic rings. The average Bonchev–Trinajstić information content (AvgIpc) is 2.71. The van der Waals surface area contributed by atoms with Gasteiger partial charge >= 0.3 is 0 Å². The lowest BCUT2D eigenvalue weighted by Crippen LogP contribution is -2.05. The molecule has 0 unspecified atom stereocenters. The molecule has 150 valence electrons. The first kappa shape index (κ1) is 21.6. The predicted molar refractivity (Wildman–Crippen MR) is 129 cm³/mol. The zero-order valence-corrected chi connectivity index (χ0v) is 18.5. The minimum absolute atomic E-state index is 0.549. The van der Waals surface area contributed by atoms with Crippen molar-refractivity contribution < 1.29 is 0 Å². The van der Waals surface area contributed by atoms with Crippen molar-refractivity contribution >= 4 is 45.6 Å². The van der Waals surface area contributed by atoms with Crippen LogP contribution in [0.3, 0.4) is 0 Å². The molecule has 5 heteroatoms. The lowest BCUT2D eigenvalue weighted by molar-refractivity contribution is 0.831.